The highest BCUT2D eigenvalue weighted by molar-refractivity contribution is 6.29. The van der Waals surface area contributed by atoms with Gasteiger partial charge in [0.05, 0.1) is 0 Å². The van der Waals surface area contributed by atoms with Crippen molar-refractivity contribution in [3.8, 4) is 0 Å². The molecule has 5 heteroatoms. The quantitative estimate of drug-likeness (QED) is 0.794. The van der Waals surface area contributed by atoms with E-state index in [0.717, 1.165) is 0 Å². The minimum absolute atomic E-state index is 0.103. The van der Waals surface area contributed by atoms with Gasteiger partial charge in [-0.15, -0.1) is 0 Å². The molecule has 4 nitrogen and oxygen atoms in total. The lowest BCUT2D eigenvalue weighted by Gasteiger charge is -2.17. The smallest absolute Gasteiger partial charge is 0.225 e. The molecule has 1 heterocycles. The number of aromatic nitrogens is 1. The maximum Gasteiger partial charge on any atom is 0.225 e. The molecule has 0 aliphatic carbocycles. The Morgan fingerprint density at radius 1 is 1.56 bits per heavy atom. The van der Waals surface area contributed by atoms with Crippen molar-refractivity contribution in [1.29, 1.82) is 0 Å². The van der Waals surface area contributed by atoms with Crippen molar-refractivity contribution in [3.63, 3.8) is 0 Å². The maximum atomic E-state index is 11.5. The monoisotopic (exact) mass is 241 g/mol. The highest BCUT2D eigenvalue weighted by Crippen LogP contribution is 2.11. The average Bonchev–Trinajstić information content (AvgIpc) is 2.14. The highest BCUT2D eigenvalue weighted by Gasteiger charge is 2.13. The zero-order chi connectivity index (χ0) is 12.2. The van der Waals surface area contributed by atoms with Gasteiger partial charge in [0, 0.05) is 12.0 Å². The van der Waals surface area contributed by atoms with Crippen LogP contribution in [0.15, 0.2) is 18.2 Å². The molecular weight excluding hydrogens is 226 g/mol. The fraction of sp³-hybridized carbons (Fsp3) is 0.455. The van der Waals surface area contributed by atoms with Gasteiger partial charge >= 0.3 is 0 Å². The van der Waals surface area contributed by atoms with Crippen molar-refractivity contribution < 1.29 is 4.79 Å². The number of carbonyl (C=O) groups is 1. The number of rotatable bonds is 4. The molecule has 0 radical (unpaired) electrons. The lowest BCUT2D eigenvalue weighted by molar-refractivity contribution is -0.116. The Morgan fingerprint density at radius 3 is 2.81 bits per heavy atom. The number of hydrogen-bond acceptors (Lipinski definition) is 3. The molecule has 88 valence electrons. The topological polar surface area (TPSA) is 68.0 Å². The second kappa shape index (κ2) is 5.27. The predicted octanol–water partition coefficient (Wildman–Crippen LogP) is 2.19. The van der Waals surface area contributed by atoms with Gasteiger partial charge in [0.15, 0.2) is 0 Å². The van der Waals surface area contributed by atoms with E-state index in [0.29, 0.717) is 23.8 Å². The summed E-state index contributed by atoms with van der Waals surface area (Å²) >= 11 is 5.70. The largest absolute Gasteiger partial charge is 0.326 e. The standard InChI is InChI=1S/C11H16ClN3O/c1-11(2,13)7-6-10(16)15-9-5-3-4-8(12)14-9/h3-5H,6-7,13H2,1-2H3,(H,14,15,16). The third-order valence-electron chi connectivity index (χ3n) is 1.98. The Morgan fingerprint density at radius 2 is 2.25 bits per heavy atom. The molecule has 0 unspecified atom stereocenters. The summed E-state index contributed by atoms with van der Waals surface area (Å²) in [7, 11) is 0. The van der Waals surface area contributed by atoms with Crippen LogP contribution in [0.1, 0.15) is 26.7 Å². The van der Waals surface area contributed by atoms with E-state index in [4.69, 9.17) is 17.3 Å². The first kappa shape index (κ1) is 12.9. The summed E-state index contributed by atoms with van der Waals surface area (Å²) in [6, 6.07) is 5.08. The Hall–Kier alpha value is -1.13. The Bertz CT molecular complexity index is 374. The van der Waals surface area contributed by atoms with Crippen molar-refractivity contribution in [3.05, 3.63) is 23.4 Å². The highest BCUT2D eigenvalue weighted by atomic mass is 35.5. The number of amides is 1. The molecule has 1 amide bonds. The van der Waals surface area contributed by atoms with Gasteiger partial charge in [-0.3, -0.25) is 4.79 Å². The number of nitrogens with one attached hydrogen (secondary N) is 1. The molecule has 0 aromatic carbocycles. The number of hydrogen-bond donors (Lipinski definition) is 2. The summed E-state index contributed by atoms with van der Waals surface area (Å²) < 4.78 is 0. The molecule has 1 aromatic rings. The normalized spacial score (nSPS) is 11.2. The minimum atomic E-state index is -0.334. The first-order valence-electron chi connectivity index (χ1n) is 5.08. The number of pyridine rings is 1. The van der Waals surface area contributed by atoms with E-state index in [9.17, 15) is 4.79 Å². The number of halogens is 1. The SMILES string of the molecule is CC(C)(N)CCC(=O)Nc1cccc(Cl)n1. The maximum absolute atomic E-state index is 11.5. The van der Waals surface area contributed by atoms with E-state index < -0.39 is 0 Å². The van der Waals surface area contributed by atoms with E-state index in [-0.39, 0.29) is 11.4 Å². The molecule has 0 spiro atoms. The van der Waals surface area contributed by atoms with Crippen LogP contribution in [0.3, 0.4) is 0 Å². The first-order valence-corrected chi connectivity index (χ1v) is 5.46. The molecule has 0 fully saturated rings. The van der Waals surface area contributed by atoms with Crippen molar-refractivity contribution in [1.82, 2.24) is 4.98 Å². The van der Waals surface area contributed by atoms with E-state index >= 15 is 0 Å². The van der Waals surface area contributed by atoms with E-state index in [1.807, 2.05) is 13.8 Å². The fourth-order valence-corrected chi connectivity index (χ4v) is 1.28. The van der Waals surface area contributed by atoms with Crippen molar-refractivity contribution >= 4 is 23.3 Å². The van der Waals surface area contributed by atoms with Gasteiger partial charge in [-0.1, -0.05) is 17.7 Å². The van der Waals surface area contributed by atoms with E-state index in [1.165, 1.54) is 0 Å². The van der Waals surface area contributed by atoms with Crippen LogP contribution < -0.4 is 11.1 Å². The summed E-state index contributed by atoms with van der Waals surface area (Å²) in [6.07, 6.45) is 0.997. The molecule has 0 saturated carbocycles. The summed E-state index contributed by atoms with van der Waals surface area (Å²) in [6.45, 7) is 3.77. The first-order chi connectivity index (χ1) is 7.37. The lowest BCUT2D eigenvalue weighted by atomic mass is 10.00. The third kappa shape index (κ3) is 5.09. The molecule has 0 aliphatic heterocycles. The molecule has 0 saturated heterocycles. The van der Waals surface area contributed by atoms with Crippen molar-refractivity contribution in [2.45, 2.75) is 32.2 Å². The molecule has 0 bridgehead atoms. The Labute approximate surface area is 100 Å². The average molecular weight is 242 g/mol. The number of nitrogens with two attached hydrogens (primary N) is 1. The fourth-order valence-electron chi connectivity index (χ4n) is 1.12. The predicted molar refractivity (Wildman–Crippen MR) is 65.4 cm³/mol. The lowest BCUT2D eigenvalue weighted by Crippen LogP contribution is -2.33. The summed E-state index contributed by atoms with van der Waals surface area (Å²) in [5.74, 6) is 0.362. The Kier molecular flexibility index (Phi) is 4.26. The van der Waals surface area contributed by atoms with Gasteiger partial charge in [-0.2, -0.15) is 0 Å². The van der Waals surface area contributed by atoms with Gasteiger partial charge in [0.1, 0.15) is 11.0 Å². The van der Waals surface area contributed by atoms with Gasteiger partial charge in [0.2, 0.25) is 5.91 Å². The third-order valence-corrected chi connectivity index (χ3v) is 2.19. The zero-order valence-corrected chi connectivity index (χ0v) is 10.2. The van der Waals surface area contributed by atoms with Crippen molar-refractivity contribution in [2.24, 2.45) is 5.73 Å². The van der Waals surface area contributed by atoms with Gasteiger partial charge in [0.25, 0.3) is 0 Å². The van der Waals surface area contributed by atoms with E-state index in [2.05, 4.69) is 10.3 Å². The van der Waals surface area contributed by atoms with E-state index in [1.54, 1.807) is 18.2 Å². The Balaban J connectivity index is 2.46. The molecule has 3 N–H and O–H groups in total. The minimum Gasteiger partial charge on any atom is -0.326 e. The van der Waals surface area contributed by atoms with Crippen LogP contribution >= 0.6 is 11.6 Å². The van der Waals surface area contributed by atoms with Crippen LogP contribution in [0.4, 0.5) is 5.82 Å². The second-order valence-corrected chi connectivity index (χ2v) is 4.77. The summed E-state index contributed by atoms with van der Waals surface area (Å²) in [5, 5.41) is 3.02. The number of anilines is 1. The zero-order valence-electron chi connectivity index (χ0n) is 9.46. The molecule has 16 heavy (non-hydrogen) atoms. The van der Waals surface area contributed by atoms with Crippen molar-refractivity contribution in [2.75, 3.05) is 5.32 Å². The van der Waals surface area contributed by atoms with Crippen LogP contribution in [0.25, 0.3) is 0 Å². The van der Waals surface area contributed by atoms with Crippen LogP contribution in [0, 0.1) is 0 Å². The second-order valence-electron chi connectivity index (χ2n) is 4.38. The number of carbonyl (C=O) groups excluding carboxylic acids is 1. The van der Waals surface area contributed by atoms with Gasteiger partial charge in [-0.25, -0.2) is 4.98 Å². The summed E-state index contributed by atoms with van der Waals surface area (Å²) in [4.78, 5) is 15.5. The molecule has 1 aromatic heterocycles. The van der Waals surface area contributed by atoms with Crippen LogP contribution in [0.2, 0.25) is 5.15 Å². The van der Waals surface area contributed by atoms with Crippen LogP contribution in [0.5, 0.6) is 0 Å². The van der Waals surface area contributed by atoms with Gasteiger partial charge in [-0.05, 0) is 32.4 Å². The number of nitrogens with zero attached hydrogens (tertiary/aromatic N) is 1. The molecular formula is C11H16ClN3O. The molecule has 1 rings (SSSR count). The van der Waals surface area contributed by atoms with Crippen LogP contribution in [-0.4, -0.2) is 16.4 Å². The van der Waals surface area contributed by atoms with Gasteiger partial charge < -0.3 is 11.1 Å². The molecule has 0 atom stereocenters. The summed E-state index contributed by atoms with van der Waals surface area (Å²) in [5.41, 5.74) is 5.45. The molecule has 0 aliphatic rings. The van der Waals surface area contributed by atoms with Crippen LogP contribution in [-0.2, 0) is 4.79 Å².